The molecule has 0 unspecified atom stereocenters. The summed E-state index contributed by atoms with van der Waals surface area (Å²) in [5.41, 5.74) is 1.76. The molecule has 0 radical (unpaired) electrons. The topological polar surface area (TPSA) is 63.1 Å². The van der Waals surface area contributed by atoms with E-state index in [9.17, 15) is 4.79 Å². The zero-order valence-electron chi connectivity index (χ0n) is 10.0. The molecule has 3 rings (SSSR count). The van der Waals surface area contributed by atoms with Gasteiger partial charge in [-0.3, -0.25) is 4.79 Å². The lowest BCUT2D eigenvalue weighted by Gasteiger charge is -2.06. The van der Waals surface area contributed by atoms with Gasteiger partial charge in [0.2, 0.25) is 0 Å². The van der Waals surface area contributed by atoms with Crippen molar-refractivity contribution in [2.75, 3.05) is 0 Å². The lowest BCUT2D eigenvalue weighted by molar-refractivity contribution is 0.627. The van der Waals surface area contributed by atoms with Crippen LogP contribution in [0.2, 0.25) is 0 Å². The highest BCUT2D eigenvalue weighted by Crippen LogP contribution is 2.08. The molecule has 0 N–H and O–H groups in total. The number of fused-ring (bicyclic) bond motifs is 1. The van der Waals surface area contributed by atoms with Gasteiger partial charge in [-0.15, -0.1) is 0 Å². The van der Waals surface area contributed by atoms with Crippen LogP contribution in [-0.2, 0) is 6.54 Å². The van der Waals surface area contributed by atoms with Crippen LogP contribution in [0.4, 0.5) is 0 Å². The largest absolute Gasteiger partial charge is 0.301 e. The fourth-order valence-electron chi connectivity index (χ4n) is 2.02. The molecule has 2 heterocycles. The van der Waals surface area contributed by atoms with Gasteiger partial charge < -0.3 is 4.40 Å². The van der Waals surface area contributed by atoms with Gasteiger partial charge in [-0.2, -0.15) is 10.4 Å². The van der Waals surface area contributed by atoms with Crippen molar-refractivity contribution < 1.29 is 0 Å². The van der Waals surface area contributed by atoms with Crippen LogP contribution in [0, 0.1) is 11.3 Å². The van der Waals surface area contributed by atoms with E-state index in [2.05, 4.69) is 11.2 Å². The SMILES string of the molecule is N#Cc1ccccc1Cn1ncn2cccc2c1=O. The third-order valence-electron chi connectivity index (χ3n) is 3.01. The summed E-state index contributed by atoms with van der Waals surface area (Å²) >= 11 is 0. The smallest absolute Gasteiger partial charge is 0.291 e. The molecule has 0 saturated carbocycles. The molecule has 1 aromatic carbocycles. The van der Waals surface area contributed by atoms with Gasteiger partial charge in [0.15, 0.2) is 0 Å². The molecule has 0 amide bonds. The fraction of sp³-hybridized carbons (Fsp3) is 0.0714. The van der Waals surface area contributed by atoms with Crippen molar-refractivity contribution in [2.45, 2.75) is 6.54 Å². The zero-order chi connectivity index (χ0) is 13.2. The summed E-state index contributed by atoms with van der Waals surface area (Å²) in [6.07, 6.45) is 3.36. The minimum atomic E-state index is -0.166. The average molecular weight is 250 g/mol. The molecule has 5 heteroatoms. The fourth-order valence-corrected chi connectivity index (χ4v) is 2.02. The molecule has 0 aliphatic heterocycles. The molecule has 0 aliphatic carbocycles. The lowest BCUT2D eigenvalue weighted by atomic mass is 10.1. The Morgan fingerprint density at radius 1 is 1.21 bits per heavy atom. The van der Waals surface area contributed by atoms with E-state index in [1.165, 1.54) is 4.68 Å². The van der Waals surface area contributed by atoms with Crippen LogP contribution < -0.4 is 5.56 Å². The van der Waals surface area contributed by atoms with Gasteiger partial charge in [-0.05, 0) is 23.8 Å². The standard InChI is InChI=1S/C14H10N4O/c15-8-11-4-1-2-5-12(11)9-18-14(19)13-6-3-7-17(13)10-16-18/h1-7,10H,9H2. The number of hydrogen-bond acceptors (Lipinski definition) is 3. The summed E-state index contributed by atoms with van der Waals surface area (Å²) in [7, 11) is 0. The normalized spacial score (nSPS) is 10.5. The van der Waals surface area contributed by atoms with Crippen LogP contribution in [0.1, 0.15) is 11.1 Å². The highest BCUT2D eigenvalue weighted by molar-refractivity contribution is 5.44. The maximum atomic E-state index is 12.2. The van der Waals surface area contributed by atoms with Crippen molar-refractivity contribution in [2.24, 2.45) is 0 Å². The van der Waals surface area contributed by atoms with Gasteiger partial charge in [0.1, 0.15) is 11.8 Å². The predicted molar refractivity (Wildman–Crippen MR) is 69.7 cm³/mol. The van der Waals surface area contributed by atoms with E-state index in [0.717, 1.165) is 5.56 Å². The van der Waals surface area contributed by atoms with Crippen molar-refractivity contribution >= 4 is 5.52 Å². The van der Waals surface area contributed by atoms with Crippen LogP contribution >= 0.6 is 0 Å². The molecule has 0 atom stereocenters. The van der Waals surface area contributed by atoms with Gasteiger partial charge in [-0.25, -0.2) is 4.68 Å². The van der Waals surface area contributed by atoms with E-state index in [1.807, 2.05) is 12.1 Å². The van der Waals surface area contributed by atoms with Crippen LogP contribution in [0.5, 0.6) is 0 Å². The summed E-state index contributed by atoms with van der Waals surface area (Å²) in [4.78, 5) is 12.2. The number of rotatable bonds is 2. The lowest BCUT2D eigenvalue weighted by Crippen LogP contribution is -2.25. The average Bonchev–Trinajstić information content (AvgIpc) is 2.92. The summed E-state index contributed by atoms with van der Waals surface area (Å²) in [6, 6.07) is 12.9. The molecule has 0 fully saturated rings. The van der Waals surface area contributed by atoms with Crippen LogP contribution in [0.25, 0.3) is 5.52 Å². The highest BCUT2D eigenvalue weighted by atomic mass is 16.1. The molecular formula is C14H10N4O. The second kappa shape index (κ2) is 4.42. The van der Waals surface area contributed by atoms with E-state index < -0.39 is 0 Å². The third-order valence-corrected chi connectivity index (χ3v) is 3.01. The van der Waals surface area contributed by atoms with Gasteiger partial charge >= 0.3 is 0 Å². The number of nitrogens with zero attached hydrogens (tertiary/aromatic N) is 4. The molecule has 2 aromatic heterocycles. The van der Waals surface area contributed by atoms with Crippen molar-refractivity contribution in [3.05, 3.63) is 70.4 Å². The monoisotopic (exact) mass is 250 g/mol. The summed E-state index contributed by atoms with van der Waals surface area (Å²) < 4.78 is 3.04. The summed E-state index contributed by atoms with van der Waals surface area (Å²) in [5.74, 6) is 0. The maximum Gasteiger partial charge on any atom is 0.291 e. The van der Waals surface area contributed by atoms with E-state index >= 15 is 0 Å². The van der Waals surface area contributed by atoms with Crippen molar-refractivity contribution in [1.82, 2.24) is 14.2 Å². The second-order valence-electron chi connectivity index (χ2n) is 4.16. The van der Waals surface area contributed by atoms with Gasteiger partial charge in [0.05, 0.1) is 18.2 Å². The summed E-state index contributed by atoms with van der Waals surface area (Å²) in [6.45, 7) is 0.296. The Morgan fingerprint density at radius 3 is 2.89 bits per heavy atom. The van der Waals surface area contributed by atoms with Crippen molar-refractivity contribution in [3.63, 3.8) is 0 Å². The molecular weight excluding hydrogens is 240 g/mol. The van der Waals surface area contributed by atoms with Crippen LogP contribution in [-0.4, -0.2) is 14.2 Å². The van der Waals surface area contributed by atoms with E-state index in [-0.39, 0.29) is 5.56 Å². The molecule has 5 nitrogen and oxygen atoms in total. The number of benzene rings is 1. The molecule has 3 aromatic rings. The van der Waals surface area contributed by atoms with E-state index in [1.54, 1.807) is 41.2 Å². The first-order valence-corrected chi connectivity index (χ1v) is 5.80. The first-order chi connectivity index (χ1) is 9.29. The number of nitriles is 1. The minimum absolute atomic E-state index is 0.166. The Balaban J connectivity index is 2.09. The molecule has 19 heavy (non-hydrogen) atoms. The van der Waals surface area contributed by atoms with Crippen molar-refractivity contribution in [3.8, 4) is 6.07 Å². The first kappa shape index (κ1) is 11.2. The van der Waals surface area contributed by atoms with E-state index in [4.69, 9.17) is 5.26 Å². The molecule has 92 valence electrons. The molecule has 0 aliphatic rings. The van der Waals surface area contributed by atoms with Crippen LogP contribution in [0.15, 0.2) is 53.7 Å². The second-order valence-corrected chi connectivity index (χ2v) is 4.16. The van der Waals surface area contributed by atoms with Gasteiger partial charge in [0.25, 0.3) is 5.56 Å². The number of aromatic nitrogens is 3. The molecule has 0 spiro atoms. The Labute approximate surface area is 109 Å². The zero-order valence-corrected chi connectivity index (χ0v) is 10.0. The van der Waals surface area contributed by atoms with E-state index in [0.29, 0.717) is 17.6 Å². The third kappa shape index (κ3) is 1.89. The highest BCUT2D eigenvalue weighted by Gasteiger charge is 2.06. The van der Waals surface area contributed by atoms with Gasteiger partial charge in [0, 0.05) is 6.20 Å². The Bertz CT molecular complexity index is 838. The quantitative estimate of drug-likeness (QED) is 0.691. The first-order valence-electron chi connectivity index (χ1n) is 5.80. The predicted octanol–water partition coefficient (Wildman–Crippen LogP) is 1.42. The Hall–Kier alpha value is -2.87. The van der Waals surface area contributed by atoms with Crippen LogP contribution in [0.3, 0.4) is 0 Å². The maximum absolute atomic E-state index is 12.2. The van der Waals surface area contributed by atoms with Gasteiger partial charge in [-0.1, -0.05) is 18.2 Å². The molecule has 0 saturated heterocycles. The number of hydrogen-bond donors (Lipinski definition) is 0. The Kier molecular flexibility index (Phi) is 2.62. The summed E-state index contributed by atoms with van der Waals surface area (Å²) in [5, 5.41) is 13.1. The minimum Gasteiger partial charge on any atom is -0.301 e. The van der Waals surface area contributed by atoms with Crippen molar-refractivity contribution in [1.29, 1.82) is 5.26 Å². The Morgan fingerprint density at radius 2 is 2.05 bits per heavy atom. The molecule has 0 bridgehead atoms.